The standard InChI is InChI=1S/C12H21N3OS/c1-8(2)11-6-15(9(3)4-13-11)5-10-7-17-12(16)14-10/h7-9,11,13H,4-6H2,1-3H3,(H,14,16). The van der Waals surface area contributed by atoms with Crippen LogP contribution in [0.25, 0.3) is 0 Å². The van der Waals surface area contributed by atoms with Crippen LogP contribution in [0.1, 0.15) is 26.5 Å². The van der Waals surface area contributed by atoms with Crippen molar-refractivity contribution in [2.45, 2.75) is 39.4 Å². The lowest BCUT2D eigenvalue weighted by atomic mass is 10.00. The first-order valence-corrected chi connectivity index (χ1v) is 7.08. The molecule has 2 rings (SSSR count). The summed E-state index contributed by atoms with van der Waals surface area (Å²) in [6.07, 6.45) is 0. The maximum atomic E-state index is 11.1. The lowest BCUT2D eigenvalue weighted by Gasteiger charge is -2.40. The van der Waals surface area contributed by atoms with Crippen molar-refractivity contribution in [1.82, 2.24) is 15.2 Å². The molecule has 0 bridgehead atoms. The van der Waals surface area contributed by atoms with E-state index in [1.807, 2.05) is 5.38 Å². The molecule has 1 saturated heterocycles. The highest BCUT2D eigenvalue weighted by molar-refractivity contribution is 7.07. The third-order valence-corrected chi connectivity index (χ3v) is 4.20. The van der Waals surface area contributed by atoms with Crippen LogP contribution in [0.4, 0.5) is 0 Å². The summed E-state index contributed by atoms with van der Waals surface area (Å²) >= 11 is 1.25. The van der Waals surface area contributed by atoms with Crippen LogP contribution in [-0.4, -0.2) is 35.1 Å². The van der Waals surface area contributed by atoms with Gasteiger partial charge in [0.05, 0.1) is 0 Å². The minimum atomic E-state index is 0.0446. The molecular weight excluding hydrogens is 234 g/mol. The molecule has 2 unspecified atom stereocenters. The van der Waals surface area contributed by atoms with Gasteiger partial charge in [0.1, 0.15) is 0 Å². The van der Waals surface area contributed by atoms with Gasteiger partial charge in [-0.2, -0.15) is 0 Å². The molecule has 1 aliphatic heterocycles. The van der Waals surface area contributed by atoms with Crippen LogP contribution >= 0.6 is 11.3 Å². The first-order chi connectivity index (χ1) is 8.06. The zero-order valence-corrected chi connectivity index (χ0v) is 11.5. The summed E-state index contributed by atoms with van der Waals surface area (Å²) in [5, 5.41) is 5.51. The summed E-state index contributed by atoms with van der Waals surface area (Å²) in [7, 11) is 0. The van der Waals surface area contributed by atoms with Gasteiger partial charge in [-0.15, -0.1) is 0 Å². The molecular formula is C12H21N3OS. The van der Waals surface area contributed by atoms with E-state index in [4.69, 9.17) is 0 Å². The predicted octanol–water partition coefficient (Wildman–Crippen LogP) is 1.25. The zero-order valence-electron chi connectivity index (χ0n) is 10.7. The average molecular weight is 255 g/mol. The average Bonchev–Trinajstić information content (AvgIpc) is 2.67. The van der Waals surface area contributed by atoms with Crippen LogP contribution < -0.4 is 10.2 Å². The predicted molar refractivity (Wildman–Crippen MR) is 71.4 cm³/mol. The molecule has 1 aromatic rings. The number of thiazole rings is 1. The highest BCUT2D eigenvalue weighted by Crippen LogP contribution is 2.15. The number of nitrogens with one attached hydrogen (secondary N) is 2. The summed E-state index contributed by atoms with van der Waals surface area (Å²) in [4.78, 5) is 16.5. The van der Waals surface area contributed by atoms with Crippen molar-refractivity contribution in [3.63, 3.8) is 0 Å². The molecule has 2 N–H and O–H groups in total. The smallest absolute Gasteiger partial charge is 0.304 e. The summed E-state index contributed by atoms with van der Waals surface area (Å²) in [6, 6.07) is 1.07. The third kappa shape index (κ3) is 3.18. The van der Waals surface area contributed by atoms with Crippen molar-refractivity contribution in [2.75, 3.05) is 13.1 Å². The molecule has 0 saturated carbocycles. The SMILES string of the molecule is CC(C)C1CN(Cc2csc(=O)[nH]2)C(C)CN1. The number of H-pyrrole nitrogens is 1. The van der Waals surface area contributed by atoms with E-state index in [1.165, 1.54) is 11.3 Å². The van der Waals surface area contributed by atoms with Gasteiger partial charge in [-0.05, 0) is 12.8 Å². The van der Waals surface area contributed by atoms with E-state index in [2.05, 4.69) is 36.0 Å². The Morgan fingerprint density at radius 1 is 1.59 bits per heavy atom. The molecule has 0 aliphatic carbocycles. The quantitative estimate of drug-likeness (QED) is 0.855. The van der Waals surface area contributed by atoms with Gasteiger partial charge in [-0.1, -0.05) is 25.2 Å². The van der Waals surface area contributed by atoms with Crippen molar-refractivity contribution in [1.29, 1.82) is 0 Å². The van der Waals surface area contributed by atoms with Gasteiger partial charge in [0, 0.05) is 42.8 Å². The monoisotopic (exact) mass is 255 g/mol. The van der Waals surface area contributed by atoms with E-state index < -0.39 is 0 Å². The third-order valence-electron chi connectivity index (χ3n) is 3.48. The highest BCUT2D eigenvalue weighted by Gasteiger charge is 2.26. The first kappa shape index (κ1) is 12.8. The molecule has 17 heavy (non-hydrogen) atoms. The lowest BCUT2D eigenvalue weighted by molar-refractivity contribution is 0.115. The Bertz CT molecular complexity index is 412. The molecule has 1 fully saturated rings. The van der Waals surface area contributed by atoms with Crippen LogP contribution in [0, 0.1) is 5.92 Å². The summed E-state index contributed by atoms with van der Waals surface area (Å²) in [5.74, 6) is 0.645. The van der Waals surface area contributed by atoms with Crippen molar-refractivity contribution in [3.05, 3.63) is 20.7 Å². The van der Waals surface area contributed by atoms with Gasteiger partial charge in [0.15, 0.2) is 0 Å². The zero-order chi connectivity index (χ0) is 12.4. The number of aromatic amines is 1. The second kappa shape index (κ2) is 5.33. The molecule has 4 nitrogen and oxygen atoms in total. The van der Waals surface area contributed by atoms with Crippen molar-refractivity contribution in [3.8, 4) is 0 Å². The number of piperazine rings is 1. The Balaban J connectivity index is 2.00. The molecule has 0 spiro atoms. The van der Waals surface area contributed by atoms with Crippen molar-refractivity contribution < 1.29 is 0 Å². The number of rotatable bonds is 3. The fourth-order valence-electron chi connectivity index (χ4n) is 2.23. The Morgan fingerprint density at radius 2 is 2.35 bits per heavy atom. The Morgan fingerprint density at radius 3 is 2.94 bits per heavy atom. The van der Waals surface area contributed by atoms with E-state index in [0.29, 0.717) is 18.0 Å². The number of hydrogen-bond donors (Lipinski definition) is 2. The van der Waals surface area contributed by atoms with E-state index in [9.17, 15) is 4.79 Å². The summed E-state index contributed by atoms with van der Waals surface area (Å²) in [6.45, 7) is 9.66. The van der Waals surface area contributed by atoms with Crippen LogP contribution in [0.3, 0.4) is 0 Å². The molecule has 5 heteroatoms. The van der Waals surface area contributed by atoms with E-state index in [0.717, 1.165) is 25.3 Å². The minimum absolute atomic E-state index is 0.0446. The molecule has 0 radical (unpaired) electrons. The summed E-state index contributed by atoms with van der Waals surface area (Å²) in [5.41, 5.74) is 1.04. The Kier molecular flexibility index (Phi) is 4.01. The molecule has 0 aromatic carbocycles. The summed E-state index contributed by atoms with van der Waals surface area (Å²) < 4.78 is 0. The number of nitrogens with zero attached hydrogens (tertiary/aromatic N) is 1. The van der Waals surface area contributed by atoms with Crippen LogP contribution in [0.5, 0.6) is 0 Å². The maximum absolute atomic E-state index is 11.1. The van der Waals surface area contributed by atoms with Gasteiger partial charge in [0.25, 0.3) is 0 Å². The molecule has 1 aliphatic rings. The van der Waals surface area contributed by atoms with Gasteiger partial charge < -0.3 is 10.3 Å². The molecule has 96 valence electrons. The van der Waals surface area contributed by atoms with E-state index >= 15 is 0 Å². The number of hydrogen-bond acceptors (Lipinski definition) is 4. The van der Waals surface area contributed by atoms with Crippen LogP contribution in [0.2, 0.25) is 0 Å². The fourth-order valence-corrected chi connectivity index (χ4v) is 2.80. The second-order valence-electron chi connectivity index (χ2n) is 5.21. The van der Waals surface area contributed by atoms with Crippen LogP contribution in [0.15, 0.2) is 10.2 Å². The first-order valence-electron chi connectivity index (χ1n) is 6.20. The number of aromatic nitrogens is 1. The molecule has 2 heterocycles. The van der Waals surface area contributed by atoms with Gasteiger partial charge in [-0.25, -0.2) is 0 Å². The van der Waals surface area contributed by atoms with Gasteiger partial charge >= 0.3 is 4.87 Å². The maximum Gasteiger partial charge on any atom is 0.304 e. The topological polar surface area (TPSA) is 48.1 Å². The van der Waals surface area contributed by atoms with E-state index in [-0.39, 0.29) is 4.87 Å². The fraction of sp³-hybridized carbons (Fsp3) is 0.750. The van der Waals surface area contributed by atoms with Crippen molar-refractivity contribution >= 4 is 11.3 Å². The van der Waals surface area contributed by atoms with Gasteiger partial charge in [0.2, 0.25) is 0 Å². The molecule has 0 amide bonds. The van der Waals surface area contributed by atoms with Gasteiger partial charge in [-0.3, -0.25) is 9.69 Å². The van der Waals surface area contributed by atoms with Crippen LogP contribution in [-0.2, 0) is 6.54 Å². The van der Waals surface area contributed by atoms with Crippen molar-refractivity contribution in [2.24, 2.45) is 5.92 Å². The minimum Gasteiger partial charge on any atom is -0.315 e. The Labute approximate surface area is 106 Å². The van der Waals surface area contributed by atoms with E-state index in [1.54, 1.807) is 0 Å². The Hall–Kier alpha value is -0.650. The lowest BCUT2D eigenvalue weighted by Crippen LogP contribution is -2.56. The molecule has 2 atom stereocenters. The normalized spacial score (nSPS) is 26.6. The largest absolute Gasteiger partial charge is 0.315 e. The molecule has 1 aromatic heterocycles. The second-order valence-corrected chi connectivity index (χ2v) is 6.05. The highest BCUT2D eigenvalue weighted by atomic mass is 32.1.